The summed E-state index contributed by atoms with van der Waals surface area (Å²) in [7, 11) is 0. The van der Waals surface area contributed by atoms with Crippen molar-refractivity contribution in [2.75, 3.05) is 11.4 Å². The Hall–Kier alpha value is -1.87. The smallest absolute Gasteiger partial charge is 0.138 e. The number of hydrogen-bond acceptors (Lipinski definition) is 3. The second-order valence-electron chi connectivity index (χ2n) is 5.33. The summed E-state index contributed by atoms with van der Waals surface area (Å²) in [5, 5.41) is 9.99. The highest BCUT2D eigenvalue weighted by molar-refractivity contribution is 5.67. The minimum absolute atomic E-state index is 0.505. The standard InChI is InChI=1S/C17H20N2O/c1-13(20)15-9-6-11-18-17(15)19-12-5-4-8-14-7-2-3-10-16(14)19/h2-3,6-7,9-11,13,20H,4-5,8,12H2,1H3/t13-/m1/s1. The number of fused-ring (bicyclic) bond motifs is 1. The average Bonchev–Trinajstić information content (AvgIpc) is 2.69. The Balaban J connectivity index is 2.10. The van der Waals surface area contributed by atoms with Crippen molar-refractivity contribution in [3.05, 3.63) is 53.7 Å². The molecule has 0 radical (unpaired) electrons. The van der Waals surface area contributed by atoms with Crippen molar-refractivity contribution in [2.24, 2.45) is 0 Å². The molecule has 1 atom stereocenters. The van der Waals surface area contributed by atoms with Gasteiger partial charge in [0, 0.05) is 24.0 Å². The fraction of sp³-hybridized carbons (Fsp3) is 0.353. The van der Waals surface area contributed by atoms with Crippen LogP contribution in [0.15, 0.2) is 42.6 Å². The Labute approximate surface area is 119 Å². The van der Waals surface area contributed by atoms with Crippen molar-refractivity contribution in [1.82, 2.24) is 4.98 Å². The number of hydrogen-bond donors (Lipinski definition) is 1. The molecule has 0 saturated carbocycles. The van der Waals surface area contributed by atoms with Crippen LogP contribution in [0.3, 0.4) is 0 Å². The highest BCUT2D eigenvalue weighted by atomic mass is 16.3. The maximum Gasteiger partial charge on any atom is 0.138 e. The zero-order valence-electron chi connectivity index (χ0n) is 11.8. The van der Waals surface area contributed by atoms with Crippen molar-refractivity contribution in [2.45, 2.75) is 32.3 Å². The lowest BCUT2D eigenvalue weighted by atomic mass is 10.1. The molecule has 0 saturated heterocycles. The fourth-order valence-corrected chi connectivity index (χ4v) is 2.87. The Morgan fingerprint density at radius 1 is 1.15 bits per heavy atom. The van der Waals surface area contributed by atoms with Gasteiger partial charge < -0.3 is 10.0 Å². The number of rotatable bonds is 2. The molecular formula is C17H20N2O. The van der Waals surface area contributed by atoms with Gasteiger partial charge in [-0.25, -0.2) is 4.98 Å². The summed E-state index contributed by atoms with van der Waals surface area (Å²) in [4.78, 5) is 6.78. The predicted molar refractivity (Wildman–Crippen MR) is 81.3 cm³/mol. The molecule has 104 valence electrons. The van der Waals surface area contributed by atoms with Crippen LogP contribution >= 0.6 is 0 Å². The third-order valence-corrected chi connectivity index (χ3v) is 3.88. The maximum absolute atomic E-state index is 9.99. The van der Waals surface area contributed by atoms with E-state index in [0.717, 1.165) is 30.8 Å². The first-order valence-corrected chi connectivity index (χ1v) is 7.26. The summed E-state index contributed by atoms with van der Waals surface area (Å²) < 4.78 is 0. The van der Waals surface area contributed by atoms with Crippen molar-refractivity contribution in [3.63, 3.8) is 0 Å². The third kappa shape index (κ3) is 2.41. The number of anilines is 2. The first kappa shape index (κ1) is 13.1. The zero-order valence-corrected chi connectivity index (χ0v) is 11.8. The van der Waals surface area contributed by atoms with Crippen molar-refractivity contribution in [1.29, 1.82) is 0 Å². The second kappa shape index (κ2) is 5.63. The summed E-state index contributed by atoms with van der Waals surface area (Å²) in [6, 6.07) is 12.4. The van der Waals surface area contributed by atoms with Crippen LogP contribution in [0.5, 0.6) is 0 Å². The third-order valence-electron chi connectivity index (χ3n) is 3.88. The molecule has 0 bridgehead atoms. The quantitative estimate of drug-likeness (QED) is 0.904. The molecule has 0 spiro atoms. The van der Waals surface area contributed by atoms with Crippen LogP contribution in [-0.2, 0) is 6.42 Å². The second-order valence-corrected chi connectivity index (χ2v) is 5.33. The van der Waals surface area contributed by atoms with Crippen LogP contribution in [0.25, 0.3) is 0 Å². The van der Waals surface area contributed by atoms with Crippen molar-refractivity contribution < 1.29 is 5.11 Å². The van der Waals surface area contributed by atoms with Gasteiger partial charge in [-0.05, 0) is 43.9 Å². The van der Waals surface area contributed by atoms with Gasteiger partial charge in [0.25, 0.3) is 0 Å². The largest absolute Gasteiger partial charge is 0.389 e. The average molecular weight is 268 g/mol. The molecule has 1 N–H and O–H groups in total. The molecule has 0 aliphatic carbocycles. The van der Waals surface area contributed by atoms with Gasteiger partial charge in [-0.15, -0.1) is 0 Å². The molecule has 2 aromatic rings. The van der Waals surface area contributed by atoms with E-state index in [2.05, 4.69) is 34.1 Å². The molecule has 1 aliphatic heterocycles. The molecule has 0 unspecified atom stereocenters. The van der Waals surface area contributed by atoms with Crippen LogP contribution in [-0.4, -0.2) is 16.6 Å². The number of nitrogens with zero attached hydrogens (tertiary/aromatic N) is 2. The van der Waals surface area contributed by atoms with Gasteiger partial charge in [-0.1, -0.05) is 24.3 Å². The Kier molecular flexibility index (Phi) is 3.70. The molecule has 0 amide bonds. The lowest BCUT2D eigenvalue weighted by Gasteiger charge is -2.26. The van der Waals surface area contributed by atoms with Gasteiger partial charge >= 0.3 is 0 Å². The lowest BCUT2D eigenvalue weighted by molar-refractivity contribution is 0.199. The van der Waals surface area contributed by atoms with Crippen LogP contribution in [0.2, 0.25) is 0 Å². The van der Waals surface area contributed by atoms with Gasteiger partial charge in [0.15, 0.2) is 0 Å². The van der Waals surface area contributed by atoms with E-state index >= 15 is 0 Å². The topological polar surface area (TPSA) is 36.4 Å². The number of para-hydroxylation sites is 1. The Bertz CT molecular complexity index is 595. The molecule has 1 aliphatic rings. The monoisotopic (exact) mass is 268 g/mol. The number of pyridine rings is 1. The summed E-state index contributed by atoms with van der Waals surface area (Å²) >= 11 is 0. The normalized spacial score (nSPS) is 16.4. The molecule has 3 heteroatoms. The van der Waals surface area contributed by atoms with Gasteiger partial charge in [0.2, 0.25) is 0 Å². The first-order chi connectivity index (χ1) is 9.77. The van der Waals surface area contributed by atoms with Crippen molar-refractivity contribution in [3.8, 4) is 0 Å². The summed E-state index contributed by atoms with van der Waals surface area (Å²) in [5.74, 6) is 0.886. The highest BCUT2D eigenvalue weighted by Crippen LogP contribution is 2.34. The predicted octanol–water partition coefficient (Wildman–Crippen LogP) is 3.61. The Morgan fingerprint density at radius 3 is 2.85 bits per heavy atom. The Morgan fingerprint density at radius 2 is 2.00 bits per heavy atom. The van der Waals surface area contributed by atoms with Crippen LogP contribution < -0.4 is 4.90 Å². The van der Waals surface area contributed by atoms with Gasteiger partial charge in [-0.3, -0.25) is 0 Å². The van der Waals surface area contributed by atoms with E-state index in [-0.39, 0.29) is 0 Å². The summed E-state index contributed by atoms with van der Waals surface area (Å²) in [6.45, 7) is 2.75. The van der Waals surface area contributed by atoms with E-state index in [0.29, 0.717) is 0 Å². The molecule has 3 nitrogen and oxygen atoms in total. The SMILES string of the molecule is C[C@@H](O)c1cccnc1N1CCCCc2ccccc21. The molecule has 0 fully saturated rings. The van der Waals surface area contributed by atoms with E-state index in [1.165, 1.54) is 17.7 Å². The lowest BCUT2D eigenvalue weighted by Crippen LogP contribution is -2.21. The van der Waals surface area contributed by atoms with Gasteiger partial charge in [0.1, 0.15) is 5.82 Å². The van der Waals surface area contributed by atoms with Gasteiger partial charge in [-0.2, -0.15) is 0 Å². The number of aromatic nitrogens is 1. The fourth-order valence-electron chi connectivity index (χ4n) is 2.87. The number of aliphatic hydroxyl groups excluding tert-OH is 1. The molecular weight excluding hydrogens is 248 g/mol. The van der Waals surface area contributed by atoms with Crippen LogP contribution in [0.4, 0.5) is 11.5 Å². The first-order valence-electron chi connectivity index (χ1n) is 7.26. The summed E-state index contributed by atoms with van der Waals surface area (Å²) in [6.07, 6.45) is 4.75. The minimum Gasteiger partial charge on any atom is -0.389 e. The maximum atomic E-state index is 9.99. The van der Waals surface area contributed by atoms with E-state index < -0.39 is 6.10 Å². The van der Waals surface area contributed by atoms with Gasteiger partial charge in [0.05, 0.1) is 6.10 Å². The number of benzene rings is 1. The molecule has 2 heterocycles. The molecule has 1 aromatic carbocycles. The summed E-state index contributed by atoms with van der Waals surface area (Å²) in [5.41, 5.74) is 3.49. The van der Waals surface area contributed by atoms with Crippen LogP contribution in [0, 0.1) is 0 Å². The minimum atomic E-state index is -0.505. The van der Waals surface area contributed by atoms with Crippen molar-refractivity contribution >= 4 is 11.5 Å². The number of aryl methyl sites for hydroxylation is 1. The van der Waals surface area contributed by atoms with E-state index in [1.54, 1.807) is 13.1 Å². The van der Waals surface area contributed by atoms with Crippen LogP contribution in [0.1, 0.15) is 37.0 Å². The molecule has 20 heavy (non-hydrogen) atoms. The van der Waals surface area contributed by atoms with E-state index in [4.69, 9.17) is 0 Å². The zero-order chi connectivity index (χ0) is 13.9. The molecule has 1 aromatic heterocycles. The van der Waals surface area contributed by atoms with E-state index in [1.807, 2.05) is 12.1 Å². The highest BCUT2D eigenvalue weighted by Gasteiger charge is 2.21. The van der Waals surface area contributed by atoms with E-state index in [9.17, 15) is 5.11 Å². The molecule has 3 rings (SSSR count). The number of aliphatic hydroxyl groups is 1.